The molecule has 0 bridgehead atoms. The van der Waals surface area contributed by atoms with Gasteiger partial charge in [0.1, 0.15) is 6.04 Å². The Morgan fingerprint density at radius 2 is 2.21 bits per heavy atom. The van der Waals surface area contributed by atoms with Gasteiger partial charge in [-0.2, -0.15) is 0 Å². The molecule has 1 unspecified atom stereocenters. The van der Waals surface area contributed by atoms with Crippen LogP contribution in [0.4, 0.5) is 0 Å². The SMILES string of the molecule is CCc1ccc(C)cc1C(N)C(=O)O. The van der Waals surface area contributed by atoms with Crippen LogP contribution < -0.4 is 5.73 Å². The van der Waals surface area contributed by atoms with Crippen molar-refractivity contribution in [3.8, 4) is 0 Å². The van der Waals surface area contributed by atoms with Crippen molar-refractivity contribution in [3.05, 3.63) is 34.9 Å². The lowest BCUT2D eigenvalue weighted by molar-refractivity contribution is -0.138. The maximum absolute atomic E-state index is 10.8. The van der Waals surface area contributed by atoms with Crippen molar-refractivity contribution in [1.82, 2.24) is 0 Å². The Morgan fingerprint density at radius 1 is 1.57 bits per heavy atom. The zero-order valence-electron chi connectivity index (χ0n) is 8.45. The van der Waals surface area contributed by atoms with Gasteiger partial charge in [0.15, 0.2) is 0 Å². The first-order chi connectivity index (χ1) is 6.56. The van der Waals surface area contributed by atoms with Gasteiger partial charge in [-0.05, 0) is 24.5 Å². The number of rotatable bonds is 3. The molecule has 0 saturated heterocycles. The number of benzene rings is 1. The smallest absolute Gasteiger partial charge is 0.325 e. The fourth-order valence-corrected chi connectivity index (χ4v) is 1.46. The minimum Gasteiger partial charge on any atom is -0.480 e. The second-order valence-electron chi connectivity index (χ2n) is 3.37. The summed E-state index contributed by atoms with van der Waals surface area (Å²) < 4.78 is 0. The van der Waals surface area contributed by atoms with Crippen LogP contribution in [0.3, 0.4) is 0 Å². The maximum Gasteiger partial charge on any atom is 0.325 e. The second kappa shape index (κ2) is 4.24. The molecule has 3 N–H and O–H groups in total. The molecule has 0 saturated carbocycles. The highest BCUT2D eigenvalue weighted by Gasteiger charge is 2.16. The van der Waals surface area contributed by atoms with Crippen molar-refractivity contribution in [2.24, 2.45) is 5.73 Å². The minimum atomic E-state index is -0.981. The molecule has 0 fully saturated rings. The van der Waals surface area contributed by atoms with E-state index in [1.54, 1.807) is 0 Å². The lowest BCUT2D eigenvalue weighted by atomic mass is 9.97. The molecule has 1 aromatic rings. The van der Waals surface area contributed by atoms with Crippen molar-refractivity contribution in [1.29, 1.82) is 0 Å². The molecule has 1 rings (SSSR count). The number of aliphatic carboxylic acids is 1. The van der Waals surface area contributed by atoms with Crippen LogP contribution in [0.25, 0.3) is 0 Å². The molecule has 1 atom stereocenters. The van der Waals surface area contributed by atoms with Gasteiger partial charge in [0.2, 0.25) is 0 Å². The molecule has 0 amide bonds. The molecule has 3 nitrogen and oxygen atoms in total. The largest absolute Gasteiger partial charge is 0.480 e. The summed E-state index contributed by atoms with van der Waals surface area (Å²) in [7, 11) is 0. The quantitative estimate of drug-likeness (QED) is 0.767. The van der Waals surface area contributed by atoms with E-state index in [4.69, 9.17) is 10.8 Å². The van der Waals surface area contributed by atoms with Crippen LogP contribution in [0, 0.1) is 6.92 Å². The van der Waals surface area contributed by atoms with Gasteiger partial charge < -0.3 is 10.8 Å². The molecule has 0 aromatic heterocycles. The van der Waals surface area contributed by atoms with Crippen LogP contribution in [0.1, 0.15) is 29.7 Å². The molecular weight excluding hydrogens is 178 g/mol. The summed E-state index contributed by atoms with van der Waals surface area (Å²) >= 11 is 0. The Morgan fingerprint density at radius 3 is 2.71 bits per heavy atom. The third-order valence-corrected chi connectivity index (χ3v) is 2.28. The Hall–Kier alpha value is -1.35. The zero-order valence-corrected chi connectivity index (χ0v) is 8.45. The highest BCUT2D eigenvalue weighted by molar-refractivity contribution is 5.75. The summed E-state index contributed by atoms with van der Waals surface area (Å²) in [6, 6.07) is 4.84. The summed E-state index contributed by atoms with van der Waals surface area (Å²) in [5, 5.41) is 8.82. The van der Waals surface area contributed by atoms with E-state index < -0.39 is 12.0 Å². The van der Waals surface area contributed by atoms with E-state index in [0.29, 0.717) is 0 Å². The van der Waals surface area contributed by atoms with E-state index in [1.165, 1.54) is 0 Å². The predicted molar refractivity (Wildman–Crippen MR) is 55.1 cm³/mol. The molecule has 0 aliphatic rings. The van der Waals surface area contributed by atoms with Crippen LogP contribution in [-0.4, -0.2) is 11.1 Å². The first kappa shape index (κ1) is 10.7. The highest BCUT2D eigenvalue weighted by Crippen LogP contribution is 2.18. The lowest BCUT2D eigenvalue weighted by Crippen LogP contribution is -2.22. The number of nitrogens with two attached hydrogens (primary N) is 1. The molecular formula is C11H15NO2. The summed E-state index contributed by atoms with van der Waals surface area (Å²) in [4.78, 5) is 10.8. The predicted octanol–water partition coefficient (Wildman–Crippen LogP) is 1.64. The van der Waals surface area contributed by atoms with Crippen LogP contribution in [0.15, 0.2) is 18.2 Å². The Balaban J connectivity index is 3.16. The number of hydrogen-bond donors (Lipinski definition) is 2. The van der Waals surface area contributed by atoms with E-state index in [2.05, 4.69) is 0 Å². The molecule has 0 aliphatic carbocycles. The Labute approximate surface area is 83.6 Å². The number of carboxylic acids is 1. The maximum atomic E-state index is 10.8. The fourth-order valence-electron chi connectivity index (χ4n) is 1.46. The Kier molecular flexibility index (Phi) is 3.25. The van der Waals surface area contributed by atoms with Crippen molar-refractivity contribution >= 4 is 5.97 Å². The summed E-state index contributed by atoms with van der Waals surface area (Å²) in [6.45, 7) is 3.92. The summed E-state index contributed by atoms with van der Waals surface area (Å²) in [5.41, 5.74) is 8.35. The van der Waals surface area contributed by atoms with Crippen LogP contribution in [-0.2, 0) is 11.2 Å². The van der Waals surface area contributed by atoms with Gasteiger partial charge >= 0.3 is 5.97 Å². The average Bonchev–Trinajstić information content (AvgIpc) is 2.16. The van der Waals surface area contributed by atoms with E-state index in [-0.39, 0.29) is 0 Å². The fraction of sp³-hybridized carbons (Fsp3) is 0.364. The summed E-state index contributed by atoms with van der Waals surface area (Å²) in [6.07, 6.45) is 0.802. The Bertz CT molecular complexity index is 347. The number of aryl methyl sites for hydroxylation is 2. The topological polar surface area (TPSA) is 63.3 Å². The molecule has 0 radical (unpaired) electrons. The highest BCUT2D eigenvalue weighted by atomic mass is 16.4. The normalized spacial score (nSPS) is 12.5. The number of hydrogen-bond acceptors (Lipinski definition) is 2. The van der Waals surface area contributed by atoms with E-state index in [1.807, 2.05) is 32.0 Å². The average molecular weight is 193 g/mol. The van der Waals surface area contributed by atoms with Gasteiger partial charge in [-0.3, -0.25) is 4.79 Å². The van der Waals surface area contributed by atoms with Crippen LogP contribution >= 0.6 is 0 Å². The monoisotopic (exact) mass is 193 g/mol. The van der Waals surface area contributed by atoms with Crippen molar-refractivity contribution in [2.75, 3.05) is 0 Å². The molecule has 0 heterocycles. The molecule has 1 aromatic carbocycles. The van der Waals surface area contributed by atoms with Crippen molar-refractivity contribution < 1.29 is 9.90 Å². The van der Waals surface area contributed by atoms with Crippen molar-refractivity contribution in [3.63, 3.8) is 0 Å². The molecule has 0 aliphatic heterocycles. The molecule has 14 heavy (non-hydrogen) atoms. The van der Waals surface area contributed by atoms with E-state index >= 15 is 0 Å². The molecule has 3 heteroatoms. The molecule has 76 valence electrons. The third-order valence-electron chi connectivity index (χ3n) is 2.28. The minimum absolute atomic E-state index is 0.722. The third kappa shape index (κ3) is 2.12. The van der Waals surface area contributed by atoms with Crippen LogP contribution in [0.2, 0.25) is 0 Å². The number of carboxylic acid groups (broad SMARTS) is 1. The first-order valence-electron chi connectivity index (χ1n) is 4.64. The standard InChI is InChI=1S/C11H15NO2/c1-3-8-5-4-7(2)6-9(8)10(12)11(13)14/h4-6,10H,3,12H2,1-2H3,(H,13,14). The van der Waals surface area contributed by atoms with Crippen molar-refractivity contribution in [2.45, 2.75) is 26.3 Å². The van der Waals surface area contributed by atoms with Gasteiger partial charge in [-0.25, -0.2) is 0 Å². The summed E-state index contributed by atoms with van der Waals surface area (Å²) in [5.74, 6) is -0.981. The molecule has 0 spiro atoms. The van der Waals surface area contributed by atoms with E-state index in [9.17, 15) is 4.79 Å². The zero-order chi connectivity index (χ0) is 10.7. The van der Waals surface area contributed by atoms with E-state index in [0.717, 1.165) is 23.1 Å². The lowest BCUT2D eigenvalue weighted by Gasteiger charge is -2.12. The van der Waals surface area contributed by atoms with Gasteiger partial charge in [0.25, 0.3) is 0 Å². The van der Waals surface area contributed by atoms with Gasteiger partial charge in [-0.15, -0.1) is 0 Å². The second-order valence-corrected chi connectivity index (χ2v) is 3.37. The number of carbonyl (C=O) groups is 1. The van der Waals surface area contributed by atoms with Gasteiger partial charge in [0.05, 0.1) is 0 Å². The van der Waals surface area contributed by atoms with Gasteiger partial charge in [-0.1, -0.05) is 30.7 Å². The van der Waals surface area contributed by atoms with Crippen LogP contribution in [0.5, 0.6) is 0 Å². The first-order valence-corrected chi connectivity index (χ1v) is 4.64. The van der Waals surface area contributed by atoms with Gasteiger partial charge in [0, 0.05) is 0 Å².